The van der Waals surface area contributed by atoms with Gasteiger partial charge in [0.15, 0.2) is 5.58 Å². The summed E-state index contributed by atoms with van der Waals surface area (Å²) >= 11 is 0. The van der Waals surface area contributed by atoms with E-state index in [1.807, 2.05) is 0 Å². The maximum atomic E-state index is 12.1. The summed E-state index contributed by atoms with van der Waals surface area (Å²) in [7, 11) is -1.26. The molecule has 0 saturated carbocycles. The van der Waals surface area contributed by atoms with Crippen LogP contribution < -0.4 is 5.73 Å². The number of oxazole rings is 1. The Bertz CT molecular complexity index is 590. The zero-order valence-corrected chi connectivity index (χ0v) is 10.6. The number of ether oxygens (including phenoxy) is 1. The minimum atomic E-state index is -1.26. The van der Waals surface area contributed by atoms with Crippen LogP contribution in [-0.4, -0.2) is 27.7 Å². The van der Waals surface area contributed by atoms with Gasteiger partial charge in [0.2, 0.25) is 0 Å². The molecule has 1 aromatic heterocycles. The van der Waals surface area contributed by atoms with E-state index >= 15 is 0 Å². The standard InChI is InChI=1S/C12H14N2O3S/c13-8-3-4-10-11(6-8)17-12(14-10)18(15)7-9-2-1-5-16-9/h3-4,6,9H,1-2,5,7,13H2. The summed E-state index contributed by atoms with van der Waals surface area (Å²) in [6.45, 7) is 0.756. The van der Waals surface area contributed by atoms with E-state index < -0.39 is 10.8 Å². The molecule has 1 fully saturated rings. The van der Waals surface area contributed by atoms with Gasteiger partial charge in [-0.3, -0.25) is 0 Å². The molecule has 2 atom stereocenters. The number of fused-ring (bicyclic) bond motifs is 1. The van der Waals surface area contributed by atoms with Crippen molar-refractivity contribution in [2.45, 2.75) is 24.2 Å². The maximum absolute atomic E-state index is 12.1. The minimum Gasteiger partial charge on any atom is -0.430 e. The van der Waals surface area contributed by atoms with Crippen molar-refractivity contribution in [3.8, 4) is 0 Å². The number of hydrogen-bond acceptors (Lipinski definition) is 5. The summed E-state index contributed by atoms with van der Waals surface area (Å²) in [5.74, 6) is 0.447. The first-order valence-corrected chi connectivity index (χ1v) is 7.20. The van der Waals surface area contributed by atoms with E-state index in [0.29, 0.717) is 22.5 Å². The predicted molar refractivity (Wildman–Crippen MR) is 68.7 cm³/mol. The molecule has 2 aromatic rings. The second-order valence-corrected chi connectivity index (χ2v) is 5.73. The van der Waals surface area contributed by atoms with Crippen LogP contribution >= 0.6 is 0 Å². The molecular formula is C12H14N2O3S. The second kappa shape index (κ2) is 4.70. The Kier molecular flexibility index (Phi) is 3.05. The number of aromatic nitrogens is 1. The zero-order valence-electron chi connectivity index (χ0n) is 9.80. The maximum Gasteiger partial charge on any atom is 0.288 e. The van der Waals surface area contributed by atoms with Gasteiger partial charge in [-0.25, -0.2) is 9.19 Å². The molecule has 6 heteroatoms. The van der Waals surface area contributed by atoms with Gasteiger partial charge in [0.05, 0.1) is 11.9 Å². The normalized spacial score (nSPS) is 21.4. The Labute approximate surface area is 107 Å². The predicted octanol–water partition coefficient (Wildman–Crippen LogP) is 1.70. The lowest BCUT2D eigenvalue weighted by molar-refractivity contribution is 0.128. The van der Waals surface area contributed by atoms with E-state index in [1.165, 1.54) is 0 Å². The summed E-state index contributed by atoms with van der Waals surface area (Å²) in [5.41, 5.74) is 7.52. The molecule has 0 spiro atoms. The van der Waals surface area contributed by atoms with E-state index in [-0.39, 0.29) is 11.3 Å². The third-order valence-electron chi connectivity index (χ3n) is 2.95. The second-order valence-electron chi connectivity index (χ2n) is 4.35. The molecule has 1 aromatic carbocycles. The first kappa shape index (κ1) is 11.7. The van der Waals surface area contributed by atoms with Crippen LogP contribution in [0.15, 0.2) is 27.8 Å². The molecule has 0 radical (unpaired) electrons. The highest BCUT2D eigenvalue weighted by Crippen LogP contribution is 2.22. The SMILES string of the molecule is Nc1ccc2nc(S(=O)CC3CCCO3)oc2c1. The Hall–Kier alpha value is -1.40. The highest BCUT2D eigenvalue weighted by atomic mass is 32.2. The fraction of sp³-hybridized carbons (Fsp3) is 0.417. The lowest BCUT2D eigenvalue weighted by Crippen LogP contribution is -2.15. The van der Waals surface area contributed by atoms with Gasteiger partial charge < -0.3 is 14.9 Å². The summed E-state index contributed by atoms with van der Waals surface area (Å²) < 4.78 is 23.0. The van der Waals surface area contributed by atoms with Gasteiger partial charge >= 0.3 is 0 Å². The lowest BCUT2D eigenvalue weighted by atomic mass is 10.3. The van der Waals surface area contributed by atoms with Crippen molar-refractivity contribution in [1.82, 2.24) is 4.98 Å². The molecule has 1 aliphatic heterocycles. The molecule has 1 saturated heterocycles. The Balaban J connectivity index is 1.82. The average Bonchev–Trinajstić information content (AvgIpc) is 2.96. The van der Waals surface area contributed by atoms with Crippen LogP contribution in [0.1, 0.15) is 12.8 Å². The molecule has 2 unspecified atom stereocenters. The number of nitrogens with two attached hydrogens (primary N) is 1. The highest BCUT2D eigenvalue weighted by Gasteiger charge is 2.22. The van der Waals surface area contributed by atoms with Crippen LogP contribution in [-0.2, 0) is 15.5 Å². The van der Waals surface area contributed by atoms with E-state index in [9.17, 15) is 4.21 Å². The quantitative estimate of drug-likeness (QED) is 0.855. The number of benzene rings is 1. The van der Waals surface area contributed by atoms with Gasteiger partial charge in [-0.05, 0) is 25.0 Å². The fourth-order valence-electron chi connectivity index (χ4n) is 2.03. The number of anilines is 1. The molecule has 18 heavy (non-hydrogen) atoms. The van der Waals surface area contributed by atoms with Crippen molar-refractivity contribution in [2.24, 2.45) is 0 Å². The van der Waals surface area contributed by atoms with Gasteiger partial charge in [-0.2, -0.15) is 0 Å². The monoisotopic (exact) mass is 266 g/mol. The minimum absolute atomic E-state index is 0.0610. The molecule has 0 amide bonds. The van der Waals surface area contributed by atoms with Crippen molar-refractivity contribution < 1.29 is 13.4 Å². The van der Waals surface area contributed by atoms with Gasteiger partial charge in [0.1, 0.15) is 16.3 Å². The number of rotatable bonds is 3. The van der Waals surface area contributed by atoms with Crippen molar-refractivity contribution in [2.75, 3.05) is 18.1 Å². The van der Waals surface area contributed by atoms with Crippen molar-refractivity contribution in [3.63, 3.8) is 0 Å². The average molecular weight is 266 g/mol. The molecule has 2 heterocycles. The van der Waals surface area contributed by atoms with Crippen LogP contribution in [0, 0.1) is 0 Å². The van der Waals surface area contributed by atoms with Gasteiger partial charge in [-0.15, -0.1) is 0 Å². The van der Waals surface area contributed by atoms with Crippen LogP contribution in [0.3, 0.4) is 0 Å². The summed E-state index contributed by atoms with van der Waals surface area (Å²) in [5, 5.41) is 0.256. The molecule has 0 aliphatic carbocycles. The molecule has 5 nitrogen and oxygen atoms in total. The van der Waals surface area contributed by atoms with Crippen molar-refractivity contribution >= 4 is 27.6 Å². The highest BCUT2D eigenvalue weighted by molar-refractivity contribution is 7.84. The van der Waals surface area contributed by atoms with Crippen molar-refractivity contribution in [1.29, 1.82) is 0 Å². The van der Waals surface area contributed by atoms with Crippen LogP contribution in [0.2, 0.25) is 0 Å². The summed E-state index contributed by atoms with van der Waals surface area (Å²) in [6.07, 6.45) is 2.05. The van der Waals surface area contributed by atoms with Crippen LogP contribution in [0.5, 0.6) is 0 Å². The Morgan fingerprint density at radius 1 is 1.50 bits per heavy atom. The molecule has 1 aliphatic rings. The van der Waals surface area contributed by atoms with E-state index in [0.717, 1.165) is 19.4 Å². The van der Waals surface area contributed by atoms with Crippen molar-refractivity contribution in [3.05, 3.63) is 18.2 Å². The molecule has 3 rings (SSSR count). The Morgan fingerprint density at radius 2 is 2.39 bits per heavy atom. The third-order valence-corrected chi connectivity index (χ3v) is 4.19. The molecular weight excluding hydrogens is 252 g/mol. The number of nitrogen functional groups attached to an aromatic ring is 1. The fourth-order valence-corrected chi connectivity index (χ4v) is 3.16. The van der Waals surface area contributed by atoms with Gasteiger partial charge in [-0.1, -0.05) is 0 Å². The van der Waals surface area contributed by atoms with Crippen LogP contribution in [0.4, 0.5) is 5.69 Å². The zero-order chi connectivity index (χ0) is 12.5. The van der Waals surface area contributed by atoms with E-state index in [2.05, 4.69) is 4.98 Å². The molecule has 2 N–H and O–H groups in total. The molecule has 96 valence electrons. The Morgan fingerprint density at radius 3 is 3.17 bits per heavy atom. The largest absolute Gasteiger partial charge is 0.430 e. The third kappa shape index (κ3) is 2.26. The van der Waals surface area contributed by atoms with Gasteiger partial charge in [0, 0.05) is 18.4 Å². The number of nitrogens with zero attached hydrogens (tertiary/aromatic N) is 1. The smallest absolute Gasteiger partial charge is 0.288 e. The van der Waals surface area contributed by atoms with E-state index in [4.69, 9.17) is 14.9 Å². The van der Waals surface area contributed by atoms with Crippen LogP contribution in [0.25, 0.3) is 11.1 Å². The summed E-state index contributed by atoms with van der Waals surface area (Å²) in [6, 6.07) is 5.20. The van der Waals surface area contributed by atoms with Gasteiger partial charge in [0.25, 0.3) is 5.22 Å². The topological polar surface area (TPSA) is 78.3 Å². The molecule has 0 bridgehead atoms. The first-order valence-electron chi connectivity index (χ1n) is 5.88. The summed E-state index contributed by atoms with van der Waals surface area (Å²) in [4.78, 5) is 4.22. The number of hydrogen-bond donors (Lipinski definition) is 1. The lowest BCUT2D eigenvalue weighted by Gasteiger charge is -2.05. The first-order chi connectivity index (χ1) is 8.72. The van der Waals surface area contributed by atoms with E-state index in [1.54, 1.807) is 18.2 Å².